The van der Waals surface area contributed by atoms with Crippen LogP contribution in [0.5, 0.6) is 5.75 Å². The molecule has 1 rings (SSSR count). The molecule has 0 aliphatic carbocycles. The Morgan fingerprint density at radius 3 is 2.29 bits per heavy atom. The quantitative estimate of drug-likeness (QED) is 0.803. The molecule has 0 aromatic carbocycles. The summed E-state index contributed by atoms with van der Waals surface area (Å²) in [6, 6.07) is 1.68. The van der Waals surface area contributed by atoms with E-state index in [2.05, 4.69) is 11.6 Å². The van der Waals surface area contributed by atoms with Crippen LogP contribution < -0.4 is 0 Å². The zero-order valence-corrected chi connectivity index (χ0v) is 10.6. The van der Waals surface area contributed by atoms with Gasteiger partial charge < -0.3 is 5.11 Å². The minimum absolute atomic E-state index is 0. The summed E-state index contributed by atoms with van der Waals surface area (Å²) in [6.07, 6.45) is 1.43. The number of allylic oxidation sites excluding steroid dienone is 1. The van der Waals surface area contributed by atoms with Crippen LogP contribution in [0.1, 0.15) is 32.0 Å². The number of aromatic hydroxyl groups is 1. The molecule has 1 radical (unpaired) electrons. The smallest absolute Gasteiger partial charge is 0.134 e. The first kappa shape index (κ1) is 15.7. The minimum atomic E-state index is 0. The van der Waals surface area contributed by atoms with Gasteiger partial charge in [0.25, 0.3) is 0 Å². The van der Waals surface area contributed by atoms with Crippen LogP contribution in [-0.2, 0) is 18.6 Å². The van der Waals surface area contributed by atoms with Gasteiger partial charge in [0.2, 0.25) is 0 Å². The van der Waals surface area contributed by atoms with Crippen molar-refractivity contribution < 1.29 is 23.7 Å². The second-order valence-corrected chi connectivity index (χ2v) is 2.64. The molecule has 0 fully saturated rings. The zero-order valence-electron chi connectivity index (χ0n) is 9.20. The van der Waals surface area contributed by atoms with Gasteiger partial charge in [0.15, 0.2) is 0 Å². The molecule has 1 aromatic rings. The van der Waals surface area contributed by atoms with Crippen LogP contribution in [0.2, 0.25) is 0 Å². The monoisotopic (exact) mass is 230 g/mol. The number of pyridine rings is 1. The number of rotatable bonds is 1. The maximum atomic E-state index is 9.03. The molecule has 0 aliphatic rings. The van der Waals surface area contributed by atoms with Gasteiger partial charge in [0.05, 0.1) is 11.9 Å². The molecule has 0 unspecified atom stereocenters. The fraction of sp³-hybridized carbons (Fsp3) is 0.364. The zero-order chi connectivity index (χ0) is 10.4. The third kappa shape index (κ3) is 4.49. The summed E-state index contributed by atoms with van der Waals surface area (Å²) < 4.78 is 0. The van der Waals surface area contributed by atoms with Gasteiger partial charge >= 0.3 is 0 Å². The van der Waals surface area contributed by atoms with Crippen LogP contribution in [0.15, 0.2) is 18.8 Å². The summed E-state index contributed by atoms with van der Waals surface area (Å²) in [7, 11) is 0. The molecule has 0 bridgehead atoms. The first-order valence-corrected chi connectivity index (χ1v) is 4.42. The van der Waals surface area contributed by atoms with Crippen molar-refractivity contribution in [2.75, 3.05) is 0 Å². The van der Waals surface area contributed by atoms with E-state index in [1.165, 1.54) is 6.20 Å². The van der Waals surface area contributed by atoms with Crippen LogP contribution in [-0.4, -0.2) is 10.1 Å². The summed E-state index contributed by atoms with van der Waals surface area (Å²) in [5.41, 5.74) is 2.74. The van der Waals surface area contributed by atoms with Crippen molar-refractivity contribution in [3.63, 3.8) is 0 Å². The van der Waals surface area contributed by atoms with E-state index in [9.17, 15) is 0 Å². The second-order valence-electron chi connectivity index (χ2n) is 2.64. The van der Waals surface area contributed by atoms with Gasteiger partial charge in [-0.05, 0) is 31.1 Å². The maximum absolute atomic E-state index is 9.03. The molecule has 3 heteroatoms. The van der Waals surface area contributed by atoms with E-state index in [-0.39, 0.29) is 24.3 Å². The largest absolute Gasteiger partial charge is 0.506 e. The van der Waals surface area contributed by atoms with Crippen LogP contribution in [0.25, 0.3) is 5.57 Å². The Kier molecular flexibility index (Phi) is 8.61. The Labute approximate surface area is 98.0 Å². The predicted molar refractivity (Wildman–Crippen MR) is 56.7 cm³/mol. The van der Waals surface area contributed by atoms with Gasteiger partial charge in [-0.1, -0.05) is 20.4 Å². The number of aromatic nitrogens is 1. The minimum Gasteiger partial charge on any atom is -0.506 e. The summed E-state index contributed by atoms with van der Waals surface area (Å²) in [5.74, 6) is 0.201. The van der Waals surface area contributed by atoms with Crippen LogP contribution in [0, 0.1) is 6.92 Å². The van der Waals surface area contributed by atoms with Gasteiger partial charge in [-0.25, -0.2) is 0 Å². The normalized spacial score (nSPS) is 8.00. The Hall–Kier alpha value is -0.726. The Bertz CT molecular complexity index is 297. The molecule has 1 N–H and O–H groups in total. The molecular formula is C11H17NOV. The fourth-order valence-electron chi connectivity index (χ4n) is 1.01. The van der Waals surface area contributed by atoms with Gasteiger partial charge in [-0.15, -0.1) is 0 Å². The topological polar surface area (TPSA) is 33.1 Å². The number of aryl methyl sites for hydroxylation is 1. The van der Waals surface area contributed by atoms with Crippen molar-refractivity contribution >= 4 is 5.57 Å². The predicted octanol–water partition coefficient (Wildman–Crippen LogP) is 3.15. The van der Waals surface area contributed by atoms with Crippen LogP contribution >= 0.6 is 0 Å². The molecule has 1 heterocycles. The molecule has 0 saturated heterocycles. The molecule has 1 aromatic heterocycles. The van der Waals surface area contributed by atoms with Gasteiger partial charge in [0, 0.05) is 18.6 Å². The van der Waals surface area contributed by atoms with Gasteiger partial charge in [-0.2, -0.15) is 0 Å². The van der Waals surface area contributed by atoms with Crippen molar-refractivity contribution in [1.29, 1.82) is 0 Å². The number of hydrogen-bond acceptors (Lipinski definition) is 2. The summed E-state index contributed by atoms with van der Waals surface area (Å²) in [4.78, 5) is 4.03. The van der Waals surface area contributed by atoms with E-state index >= 15 is 0 Å². The van der Waals surface area contributed by atoms with E-state index < -0.39 is 0 Å². The Balaban J connectivity index is 0. The Morgan fingerprint density at radius 2 is 1.93 bits per heavy atom. The van der Waals surface area contributed by atoms with E-state index in [4.69, 9.17) is 5.11 Å². The van der Waals surface area contributed by atoms with E-state index in [1.807, 2.05) is 27.7 Å². The van der Waals surface area contributed by atoms with Crippen molar-refractivity contribution in [2.45, 2.75) is 27.7 Å². The first-order valence-electron chi connectivity index (χ1n) is 4.42. The third-order valence-electron chi connectivity index (χ3n) is 1.47. The molecular weight excluding hydrogens is 213 g/mol. The molecule has 0 atom stereocenters. The third-order valence-corrected chi connectivity index (χ3v) is 1.47. The molecule has 0 aliphatic heterocycles. The van der Waals surface area contributed by atoms with Crippen molar-refractivity contribution in [2.24, 2.45) is 0 Å². The number of hydrogen-bond donors (Lipinski definition) is 1. The van der Waals surface area contributed by atoms with Crippen LogP contribution in [0.3, 0.4) is 0 Å². The molecule has 2 nitrogen and oxygen atoms in total. The SMILES string of the molecule is C=C(C)c1ncc(O)cc1C.CC.[V]. The molecule has 0 amide bonds. The molecule has 0 saturated carbocycles. The van der Waals surface area contributed by atoms with Crippen LogP contribution in [0.4, 0.5) is 0 Å². The fourth-order valence-corrected chi connectivity index (χ4v) is 1.01. The summed E-state index contributed by atoms with van der Waals surface area (Å²) in [5, 5.41) is 9.03. The molecule has 77 valence electrons. The van der Waals surface area contributed by atoms with Gasteiger partial charge in [0.1, 0.15) is 5.75 Å². The summed E-state index contributed by atoms with van der Waals surface area (Å²) in [6.45, 7) is 11.6. The van der Waals surface area contributed by atoms with E-state index in [0.717, 1.165) is 16.8 Å². The average Bonchev–Trinajstić information content (AvgIpc) is 2.07. The van der Waals surface area contributed by atoms with Crippen molar-refractivity contribution in [3.8, 4) is 5.75 Å². The second kappa shape index (κ2) is 7.66. The van der Waals surface area contributed by atoms with Crippen molar-refractivity contribution in [3.05, 3.63) is 30.1 Å². The van der Waals surface area contributed by atoms with E-state index in [1.54, 1.807) is 6.07 Å². The maximum Gasteiger partial charge on any atom is 0.134 e. The Morgan fingerprint density at radius 1 is 1.43 bits per heavy atom. The molecule has 14 heavy (non-hydrogen) atoms. The molecule has 0 spiro atoms. The standard InChI is InChI=1S/C9H11NO.C2H6.V/c1-6(2)9-7(3)4-8(11)5-10-9;1-2;/h4-5,11H,1H2,2-3H3;1-2H3;. The van der Waals surface area contributed by atoms with E-state index in [0.29, 0.717) is 0 Å². The summed E-state index contributed by atoms with van der Waals surface area (Å²) >= 11 is 0. The average molecular weight is 230 g/mol. The van der Waals surface area contributed by atoms with Crippen molar-refractivity contribution in [1.82, 2.24) is 4.98 Å². The number of nitrogens with zero attached hydrogens (tertiary/aromatic N) is 1. The first-order chi connectivity index (χ1) is 6.11. The van der Waals surface area contributed by atoms with Gasteiger partial charge in [-0.3, -0.25) is 4.98 Å².